The number of piperidine rings is 1. The van der Waals surface area contributed by atoms with Gasteiger partial charge in [0.05, 0.1) is 5.70 Å². The van der Waals surface area contributed by atoms with Gasteiger partial charge in [0, 0.05) is 30.6 Å². The third-order valence-electron chi connectivity index (χ3n) is 5.60. The number of allylic oxidation sites excluding steroid dienone is 1. The highest BCUT2D eigenvalue weighted by Gasteiger charge is 2.45. The first-order valence-corrected chi connectivity index (χ1v) is 8.17. The third-order valence-corrected chi connectivity index (χ3v) is 5.60. The van der Waals surface area contributed by atoms with Crippen molar-refractivity contribution in [2.45, 2.75) is 32.1 Å². The van der Waals surface area contributed by atoms with Crippen molar-refractivity contribution in [1.29, 1.82) is 5.26 Å². The van der Waals surface area contributed by atoms with Crippen LogP contribution in [0.4, 0.5) is 0 Å². The molecule has 1 aromatic rings. The first-order chi connectivity index (χ1) is 11.2. The number of hydrogen-bond acceptors (Lipinski definition) is 4. The first kappa shape index (κ1) is 14.2. The van der Waals surface area contributed by atoms with Crippen LogP contribution in [0.25, 0.3) is 5.70 Å². The van der Waals surface area contributed by atoms with Gasteiger partial charge in [-0.15, -0.1) is 0 Å². The summed E-state index contributed by atoms with van der Waals surface area (Å²) in [6.07, 6.45) is 5.96. The molecule has 1 heterocycles. The Balaban J connectivity index is 1.79. The average molecular weight is 306 g/mol. The Kier molecular flexibility index (Phi) is 3.12. The molecule has 1 saturated heterocycles. The lowest BCUT2D eigenvalue weighted by Crippen LogP contribution is -2.36. The largest absolute Gasteiger partial charge is 0.370 e. The molecule has 0 bridgehead atoms. The Bertz CT molecular complexity index is 771. The van der Waals surface area contributed by atoms with Crippen molar-refractivity contribution < 1.29 is 9.59 Å². The van der Waals surface area contributed by atoms with Crippen molar-refractivity contribution >= 4 is 17.8 Å². The number of benzene rings is 1. The fourth-order valence-corrected chi connectivity index (χ4v) is 3.90. The quantitative estimate of drug-likeness (QED) is 0.788. The summed E-state index contributed by atoms with van der Waals surface area (Å²) in [5.74, 6) is -0.111. The van der Waals surface area contributed by atoms with Gasteiger partial charge in [0.25, 0.3) is 0 Å². The van der Waals surface area contributed by atoms with E-state index in [4.69, 9.17) is 0 Å². The van der Waals surface area contributed by atoms with Gasteiger partial charge in [-0.3, -0.25) is 9.59 Å². The summed E-state index contributed by atoms with van der Waals surface area (Å²) in [5, 5.41) is 9.50. The van der Waals surface area contributed by atoms with Crippen molar-refractivity contribution in [2.24, 2.45) is 5.41 Å². The molecule has 0 unspecified atom stereocenters. The average Bonchev–Trinajstić information content (AvgIpc) is 3.33. The second-order valence-corrected chi connectivity index (χ2v) is 6.96. The number of carbonyl (C=O) groups is 2. The van der Waals surface area contributed by atoms with Gasteiger partial charge in [-0.2, -0.15) is 5.26 Å². The maximum Gasteiger partial charge on any atom is 0.179 e. The number of carbonyl (C=O) groups excluding carboxylic acids is 2. The maximum absolute atomic E-state index is 12.4. The standard InChI is InChI=1S/C19H18N2O2/c20-11-16-17(23)10-14-2-1-13(12-22)9-15(14)18(16)21-7-5-19(3-4-19)6-8-21/h1-2,9,12H,3-8,10H2. The summed E-state index contributed by atoms with van der Waals surface area (Å²) in [6, 6.07) is 7.52. The molecule has 0 amide bonds. The topological polar surface area (TPSA) is 61.2 Å². The van der Waals surface area contributed by atoms with E-state index in [0.717, 1.165) is 49.0 Å². The summed E-state index contributed by atoms with van der Waals surface area (Å²) in [5.41, 5.74) is 3.93. The molecule has 1 saturated carbocycles. The van der Waals surface area contributed by atoms with Crippen LogP contribution in [-0.4, -0.2) is 30.1 Å². The Morgan fingerprint density at radius 3 is 2.52 bits per heavy atom. The van der Waals surface area contributed by atoms with Crippen LogP contribution >= 0.6 is 0 Å². The predicted octanol–water partition coefficient (Wildman–Crippen LogP) is 2.73. The molecule has 116 valence electrons. The Morgan fingerprint density at radius 1 is 1.17 bits per heavy atom. The van der Waals surface area contributed by atoms with Gasteiger partial charge < -0.3 is 4.90 Å². The summed E-state index contributed by atoms with van der Waals surface area (Å²) in [4.78, 5) is 25.7. The van der Waals surface area contributed by atoms with Gasteiger partial charge in [0.2, 0.25) is 0 Å². The molecule has 23 heavy (non-hydrogen) atoms. The van der Waals surface area contributed by atoms with Crippen molar-refractivity contribution in [3.63, 3.8) is 0 Å². The van der Waals surface area contributed by atoms with E-state index < -0.39 is 0 Å². The van der Waals surface area contributed by atoms with Crippen molar-refractivity contribution in [3.8, 4) is 6.07 Å². The van der Waals surface area contributed by atoms with Crippen LogP contribution in [0.3, 0.4) is 0 Å². The Morgan fingerprint density at radius 2 is 1.91 bits per heavy atom. The van der Waals surface area contributed by atoms with Crippen molar-refractivity contribution in [1.82, 2.24) is 4.90 Å². The molecule has 2 fully saturated rings. The van der Waals surface area contributed by atoms with Crippen LogP contribution in [-0.2, 0) is 11.2 Å². The van der Waals surface area contributed by atoms with E-state index >= 15 is 0 Å². The molecule has 1 spiro atoms. The molecule has 0 atom stereocenters. The van der Waals surface area contributed by atoms with Crippen LogP contribution < -0.4 is 0 Å². The lowest BCUT2D eigenvalue weighted by molar-refractivity contribution is -0.114. The SMILES string of the molecule is N#CC1=C(N2CCC3(CC2)CC3)c2cc(C=O)ccc2CC1=O. The zero-order valence-corrected chi connectivity index (χ0v) is 13.0. The zero-order valence-electron chi connectivity index (χ0n) is 13.0. The highest BCUT2D eigenvalue weighted by Crippen LogP contribution is 2.54. The van der Waals surface area contributed by atoms with Gasteiger partial charge in [0.15, 0.2) is 5.78 Å². The Labute approximate surface area is 135 Å². The molecule has 1 aliphatic heterocycles. The summed E-state index contributed by atoms with van der Waals surface area (Å²) in [7, 11) is 0. The predicted molar refractivity (Wildman–Crippen MR) is 85.5 cm³/mol. The molecule has 1 aromatic carbocycles. The van der Waals surface area contributed by atoms with Crippen LogP contribution in [0.5, 0.6) is 0 Å². The molecule has 3 aliphatic rings. The van der Waals surface area contributed by atoms with Crippen LogP contribution in [0.2, 0.25) is 0 Å². The molecule has 0 radical (unpaired) electrons. The number of hydrogen-bond donors (Lipinski definition) is 0. The highest BCUT2D eigenvalue weighted by atomic mass is 16.1. The number of aldehydes is 1. The minimum Gasteiger partial charge on any atom is -0.370 e. The number of ketones is 1. The summed E-state index contributed by atoms with van der Waals surface area (Å²) >= 11 is 0. The van der Waals surface area contributed by atoms with Crippen LogP contribution in [0, 0.1) is 16.7 Å². The van der Waals surface area contributed by atoms with Gasteiger partial charge >= 0.3 is 0 Å². The number of rotatable bonds is 2. The van der Waals surface area contributed by atoms with Crippen molar-refractivity contribution in [3.05, 3.63) is 40.5 Å². The zero-order chi connectivity index (χ0) is 16.0. The van der Waals surface area contributed by atoms with E-state index in [1.54, 1.807) is 6.07 Å². The molecule has 2 aliphatic carbocycles. The smallest absolute Gasteiger partial charge is 0.179 e. The third kappa shape index (κ3) is 2.28. The minimum atomic E-state index is -0.111. The lowest BCUT2D eigenvalue weighted by atomic mass is 9.85. The van der Waals surface area contributed by atoms with Gasteiger partial charge in [-0.05, 0) is 42.7 Å². The number of nitriles is 1. The minimum absolute atomic E-state index is 0.111. The second-order valence-electron chi connectivity index (χ2n) is 6.96. The summed E-state index contributed by atoms with van der Waals surface area (Å²) < 4.78 is 0. The fourth-order valence-electron chi connectivity index (χ4n) is 3.90. The molecule has 4 heteroatoms. The number of likely N-dealkylation sites (tertiary alicyclic amines) is 1. The van der Waals surface area contributed by atoms with E-state index in [1.165, 1.54) is 12.8 Å². The van der Waals surface area contributed by atoms with Gasteiger partial charge in [0.1, 0.15) is 17.9 Å². The van der Waals surface area contributed by atoms with E-state index in [0.29, 0.717) is 11.0 Å². The van der Waals surface area contributed by atoms with Crippen molar-refractivity contribution in [2.75, 3.05) is 13.1 Å². The van der Waals surface area contributed by atoms with Gasteiger partial charge in [-0.25, -0.2) is 0 Å². The molecule has 0 aromatic heterocycles. The monoisotopic (exact) mass is 306 g/mol. The molecular formula is C19H18N2O2. The molecule has 4 rings (SSSR count). The van der Waals surface area contributed by atoms with Crippen LogP contribution in [0.15, 0.2) is 23.8 Å². The normalized spacial score (nSPS) is 21.9. The second kappa shape index (κ2) is 5.06. The van der Waals surface area contributed by atoms with E-state index in [9.17, 15) is 14.9 Å². The molecule has 4 nitrogen and oxygen atoms in total. The Hall–Kier alpha value is -2.41. The molecular weight excluding hydrogens is 288 g/mol. The maximum atomic E-state index is 12.4. The number of nitrogens with zero attached hydrogens (tertiary/aromatic N) is 2. The molecule has 0 N–H and O–H groups in total. The summed E-state index contributed by atoms with van der Waals surface area (Å²) in [6.45, 7) is 1.77. The highest BCUT2D eigenvalue weighted by molar-refractivity contribution is 6.10. The van der Waals surface area contributed by atoms with Gasteiger partial charge in [-0.1, -0.05) is 12.1 Å². The first-order valence-electron chi connectivity index (χ1n) is 8.17. The van der Waals surface area contributed by atoms with E-state index in [1.807, 2.05) is 12.1 Å². The number of fused-ring (bicyclic) bond motifs is 1. The number of Topliss-reactive ketones (excluding diaryl/α,β-unsaturated/α-hetero) is 1. The lowest BCUT2D eigenvalue weighted by Gasteiger charge is -2.37. The van der Waals surface area contributed by atoms with Crippen LogP contribution in [0.1, 0.15) is 47.2 Å². The van der Waals surface area contributed by atoms with E-state index in [-0.39, 0.29) is 17.8 Å². The fraction of sp³-hybridized carbons (Fsp3) is 0.421. The van der Waals surface area contributed by atoms with E-state index in [2.05, 4.69) is 11.0 Å².